The first kappa shape index (κ1) is 11.2. The second-order valence-electron chi connectivity index (χ2n) is 2.96. The van der Waals surface area contributed by atoms with E-state index in [2.05, 4.69) is 4.98 Å². The van der Waals surface area contributed by atoms with Gasteiger partial charge in [0.2, 0.25) is 5.56 Å². The number of rotatable bonds is 4. The molecule has 0 amide bonds. The molecule has 5 heteroatoms. The standard InChI is InChI=1S/C11H10ClNO2S/c1-14-8-4-2-3-5-9(8)15-10(12)11-13-6-7-16-11/h2-7,10H,1H3. The lowest BCUT2D eigenvalue weighted by atomic mass is 10.3. The van der Waals surface area contributed by atoms with Crippen molar-refractivity contribution in [2.75, 3.05) is 7.11 Å². The molecular formula is C11H10ClNO2S. The highest BCUT2D eigenvalue weighted by molar-refractivity contribution is 7.09. The molecule has 2 aromatic rings. The van der Waals surface area contributed by atoms with E-state index in [1.807, 2.05) is 29.6 Å². The number of nitrogens with zero attached hydrogens (tertiary/aromatic N) is 1. The van der Waals surface area contributed by atoms with Crippen LogP contribution in [0.3, 0.4) is 0 Å². The van der Waals surface area contributed by atoms with Crippen molar-refractivity contribution < 1.29 is 9.47 Å². The Kier molecular flexibility index (Phi) is 3.64. The first-order valence-corrected chi connectivity index (χ1v) is 5.96. The number of para-hydroxylation sites is 2. The van der Waals surface area contributed by atoms with Crippen LogP contribution in [0.5, 0.6) is 11.5 Å². The van der Waals surface area contributed by atoms with Gasteiger partial charge in [0.25, 0.3) is 0 Å². The van der Waals surface area contributed by atoms with E-state index in [0.29, 0.717) is 11.5 Å². The van der Waals surface area contributed by atoms with Crippen LogP contribution in [0.2, 0.25) is 0 Å². The zero-order valence-electron chi connectivity index (χ0n) is 8.59. The second kappa shape index (κ2) is 5.18. The van der Waals surface area contributed by atoms with Crippen LogP contribution in [-0.2, 0) is 0 Å². The van der Waals surface area contributed by atoms with E-state index in [1.165, 1.54) is 11.3 Å². The molecule has 0 radical (unpaired) electrons. The summed E-state index contributed by atoms with van der Waals surface area (Å²) >= 11 is 7.54. The molecule has 0 N–H and O–H groups in total. The quantitative estimate of drug-likeness (QED) is 0.784. The molecule has 0 bridgehead atoms. The summed E-state index contributed by atoms with van der Waals surface area (Å²) < 4.78 is 10.7. The number of methoxy groups -OCH3 is 1. The Bertz CT molecular complexity index is 447. The topological polar surface area (TPSA) is 31.4 Å². The molecule has 0 aliphatic heterocycles. The normalized spacial score (nSPS) is 12.1. The van der Waals surface area contributed by atoms with Gasteiger partial charge in [-0.2, -0.15) is 0 Å². The van der Waals surface area contributed by atoms with E-state index in [1.54, 1.807) is 13.3 Å². The second-order valence-corrected chi connectivity index (χ2v) is 4.28. The molecule has 0 saturated carbocycles. The average Bonchev–Trinajstić information content (AvgIpc) is 2.83. The number of hydrogen-bond donors (Lipinski definition) is 0. The maximum Gasteiger partial charge on any atom is 0.223 e. The van der Waals surface area contributed by atoms with Crippen molar-refractivity contribution in [3.8, 4) is 11.5 Å². The fourth-order valence-corrected chi connectivity index (χ4v) is 2.07. The van der Waals surface area contributed by atoms with Gasteiger partial charge in [-0.25, -0.2) is 4.98 Å². The maximum atomic E-state index is 6.08. The van der Waals surface area contributed by atoms with E-state index in [-0.39, 0.29) is 0 Å². The van der Waals surface area contributed by atoms with Gasteiger partial charge in [0.15, 0.2) is 11.5 Å². The van der Waals surface area contributed by atoms with Crippen molar-refractivity contribution in [3.05, 3.63) is 40.8 Å². The third-order valence-electron chi connectivity index (χ3n) is 1.95. The van der Waals surface area contributed by atoms with Gasteiger partial charge < -0.3 is 9.47 Å². The van der Waals surface area contributed by atoms with E-state index in [9.17, 15) is 0 Å². The Labute approximate surface area is 103 Å². The minimum Gasteiger partial charge on any atom is -0.493 e. The van der Waals surface area contributed by atoms with Crippen LogP contribution in [0.4, 0.5) is 0 Å². The number of ether oxygens (including phenoxy) is 2. The highest BCUT2D eigenvalue weighted by Crippen LogP contribution is 2.32. The average molecular weight is 256 g/mol. The Morgan fingerprint density at radius 2 is 2.06 bits per heavy atom. The summed E-state index contributed by atoms with van der Waals surface area (Å²) in [5.41, 5.74) is -0.587. The molecule has 0 saturated heterocycles. The third kappa shape index (κ3) is 2.46. The zero-order valence-corrected chi connectivity index (χ0v) is 10.2. The van der Waals surface area contributed by atoms with Gasteiger partial charge >= 0.3 is 0 Å². The Morgan fingerprint density at radius 3 is 2.69 bits per heavy atom. The highest BCUT2D eigenvalue weighted by atomic mass is 35.5. The lowest BCUT2D eigenvalue weighted by Crippen LogP contribution is -2.01. The van der Waals surface area contributed by atoms with Gasteiger partial charge in [0, 0.05) is 11.6 Å². The third-order valence-corrected chi connectivity index (χ3v) is 3.19. The number of benzene rings is 1. The molecule has 1 atom stereocenters. The highest BCUT2D eigenvalue weighted by Gasteiger charge is 2.14. The maximum absolute atomic E-state index is 6.08. The van der Waals surface area contributed by atoms with Crippen LogP contribution in [0.25, 0.3) is 0 Å². The predicted octanol–water partition coefficient (Wildman–Crippen LogP) is 3.47. The van der Waals surface area contributed by atoms with Crippen molar-refractivity contribution in [1.29, 1.82) is 0 Å². The first-order chi connectivity index (χ1) is 7.81. The number of thiazole rings is 1. The van der Waals surface area contributed by atoms with E-state index in [4.69, 9.17) is 21.1 Å². The van der Waals surface area contributed by atoms with Crippen molar-refractivity contribution in [1.82, 2.24) is 4.98 Å². The summed E-state index contributed by atoms with van der Waals surface area (Å²) in [5, 5.41) is 2.59. The number of halogens is 1. The largest absolute Gasteiger partial charge is 0.493 e. The molecule has 1 heterocycles. The van der Waals surface area contributed by atoms with Crippen LogP contribution in [0.1, 0.15) is 10.6 Å². The summed E-state index contributed by atoms with van der Waals surface area (Å²) in [4.78, 5) is 4.09. The summed E-state index contributed by atoms with van der Waals surface area (Å²) in [6.07, 6.45) is 1.70. The summed E-state index contributed by atoms with van der Waals surface area (Å²) in [6.45, 7) is 0. The molecule has 0 aliphatic rings. The molecule has 2 rings (SSSR count). The molecule has 0 spiro atoms. The van der Waals surface area contributed by atoms with Gasteiger partial charge in [-0.1, -0.05) is 23.7 Å². The smallest absolute Gasteiger partial charge is 0.223 e. The van der Waals surface area contributed by atoms with Gasteiger partial charge in [0.05, 0.1) is 7.11 Å². The van der Waals surface area contributed by atoms with Crippen LogP contribution in [0, 0.1) is 0 Å². The fourth-order valence-electron chi connectivity index (χ4n) is 1.22. The van der Waals surface area contributed by atoms with Crippen molar-refractivity contribution >= 4 is 22.9 Å². The number of aromatic nitrogens is 1. The lowest BCUT2D eigenvalue weighted by molar-refractivity contribution is 0.269. The van der Waals surface area contributed by atoms with Crippen molar-refractivity contribution in [3.63, 3.8) is 0 Å². The minimum atomic E-state index is -0.587. The van der Waals surface area contributed by atoms with Gasteiger partial charge in [-0.3, -0.25) is 0 Å². The van der Waals surface area contributed by atoms with Gasteiger partial charge in [-0.05, 0) is 12.1 Å². The van der Waals surface area contributed by atoms with E-state index < -0.39 is 5.56 Å². The molecule has 16 heavy (non-hydrogen) atoms. The van der Waals surface area contributed by atoms with Crippen molar-refractivity contribution in [2.45, 2.75) is 5.56 Å². The molecule has 84 valence electrons. The number of hydrogen-bond acceptors (Lipinski definition) is 4. The monoisotopic (exact) mass is 255 g/mol. The van der Waals surface area contributed by atoms with Crippen LogP contribution >= 0.6 is 22.9 Å². The Hall–Kier alpha value is -1.26. The predicted molar refractivity (Wildman–Crippen MR) is 64.3 cm³/mol. The fraction of sp³-hybridized carbons (Fsp3) is 0.182. The molecule has 1 unspecified atom stereocenters. The molecule has 1 aromatic carbocycles. The zero-order chi connectivity index (χ0) is 11.4. The molecule has 0 aliphatic carbocycles. The molecular weight excluding hydrogens is 246 g/mol. The van der Waals surface area contributed by atoms with Crippen molar-refractivity contribution in [2.24, 2.45) is 0 Å². The van der Waals surface area contributed by atoms with Crippen LogP contribution in [0.15, 0.2) is 35.8 Å². The van der Waals surface area contributed by atoms with Crippen LogP contribution in [-0.4, -0.2) is 12.1 Å². The SMILES string of the molecule is COc1ccccc1OC(Cl)c1nccs1. The molecule has 0 fully saturated rings. The summed E-state index contributed by atoms with van der Waals surface area (Å²) in [5.74, 6) is 1.27. The first-order valence-electron chi connectivity index (χ1n) is 4.64. The molecule has 1 aromatic heterocycles. The van der Waals surface area contributed by atoms with Gasteiger partial charge in [0.1, 0.15) is 5.01 Å². The Morgan fingerprint density at radius 1 is 1.31 bits per heavy atom. The summed E-state index contributed by atoms with van der Waals surface area (Å²) in [6, 6.07) is 7.37. The van der Waals surface area contributed by atoms with E-state index in [0.717, 1.165) is 5.01 Å². The van der Waals surface area contributed by atoms with E-state index >= 15 is 0 Å². The lowest BCUT2D eigenvalue weighted by Gasteiger charge is -2.12. The van der Waals surface area contributed by atoms with Gasteiger partial charge in [-0.15, -0.1) is 11.3 Å². The summed E-state index contributed by atoms with van der Waals surface area (Å²) in [7, 11) is 1.59. The minimum absolute atomic E-state index is 0.587. The molecule has 3 nitrogen and oxygen atoms in total. The Balaban J connectivity index is 2.14. The van der Waals surface area contributed by atoms with Crippen LogP contribution < -0.4 is 9.47 Å². The number of alkyl halides is 1.